The molecule has 28 heavy (non-hydrogen) atoms. The van der Waals surface area contributed by atoms with Crippen LogP contribution in [0.15, 0.2) is 6.20 Å². The molecular weight excluding hydrogens is 352 g/mol. The molecule has 2 aliphatic heterocycles. The average Bonchev–Trinajstić information content (AvgIpc) is 3.28. The molecule has 0 atom stereocenters. The fraction of sp³-hybridized carbons (Fsp3) is 0.818. The van der Waals surface area contributed by atoms with Gasteiger partial charge in [0.15, 0.2) is 0 Å². The highest BCUT2D eigenvalue weighted by Crippen LogP contribution is 2.30. The summed E-state index contributed by atoms with van der Waals surface area (Å²) in [5.41, 5.74) is 0.748. The molecule has 0 radical (unpaired) electrons. The van der Waals surface area contributed by atoms with Crippen LogP contribution in [0.3, 0.4) is 0 Å². The number of hydrogen-bond acceptors (Lipinski definition) is 4. The molecule has 1 amide bonds. The second kappa shape index (κ2) is 8.85. The van der Waals surface area contributed by atoms with Gasteiger partial charge >= 0.3 is 6.09 Å². The molecule has 1 aromatic rings. The van der Waals surface area contributed by atoms with E-state index in [0.717, 1.165) is 39.0 Å². The number of imidazole rings is 1. The zero-order valence-corrected chi connectivity index (χ0v) is 18.4. The summed E-state index contributed by atoms with van der Waals surface area (Å²) in [6, 6.07) is 0. The Kier molecular flexibility index (Phi) is 6.69. The van der Waals surface area contributed by atoms with Crippen LogP contribution in [0.4, 0.5) is 4.79 Å². The Bertz CT molecular complexity index is 648. The Labute approximate surface area is 170 Å². The summed E-state index contributed by atoms with van der Waals surface area (Å²) in [5, 5.41) is 0. The molecular formula is C22H38N4O2. The molecule has 0 spiro atoms. The number of hydrogen-bond donors (Lipinski definition) is 0. The smallest absolute Gasteiger partial charge is 0.410 e. The van der Waals surface area contributed by atoms with Crippen LogP contribution in [-0.4, -0.2) is 63.8 Å². The first kappa shape index (κ1) is 21.2. The molecule has 2 saturated heterocycles. The highest BCUT2D eigenvalue weighted by molar-refractivity contribution is 5.68. The zero-order chi connectivity index (χ0) is 20.3. The van der Waals surface area contributed by atoms with Crippen LogP contribution in [-0.2, 0) is 11.3 Å². The van der Waals surface area contributed by atoms with Crippen LogP contribution in [0.1, 0.15) is 83.7 Å². The van der Waals surface area contributed by atoms with Gasteiger partial charge in [-0.15, -0.1) is 0 Å². The normalized spacial score (nSPS) is 19.6. The fourth-order valence-corrected chi connectivity index (χ4v) is 4.14. The maximum Gasteiger partial charge on any atom is 0.410 e. The largest absolute Gasteiger partial charge is 0.444 e. The Morgan fingerprint density at radius 2 is 1.79 bits per heavy atom. The van der Waals surface area contributed by atoms with E-state index >= 15 is 0 Å². The number of amides is 1. The summed E-state index contributed by atoms with van der Waals surface area (Å²) >= 11 is 0. The minimum Gasteiger partial charge on any atom is -0.444 e. The predicted octanol–water partition coefficient (Wildman–Crippen LogP) is 4.22. The van der Waals surface area contributed by atoms with Crippen molar-refractivity contribution in [3.8, 4) is 0 Å². The third-order valence-electron chi connectivity index (χ3n) is 5.79. The van der Waals surface area contributed by atoms with Gasteiger partial charge in [-0.3, -0.25) is 0 Å². The molecule has 0 aromatic carbocycles. The number of carbonyl (C=O) groups is 1. The lowest BCUT2D eigenvalue weighted by molar-refractivity contribution is 0.0202. The van der Waals surface area contributed by atoms with Gasteiger partial charge in [-0.1, -0.05) is 13.8 Å². The second-order valence-electron chi connectivity index (χ2n) is 9.66. The number of nitrogens with zero attached hydrogens (tertiary/aromatic N) is 4. The van der Waals surface area contributed by atoms with Crippen LogP contribution in [0.25, 0.3) is 0 Å². The van der Waals surface area contributed by atoms with E-state index in [9.17, 15) is 4.79 Å². The first-order valence-electron chi connectivity index (χ1n) is 11.0. The number of rotatable bonds is 5. The van der Waals surface area contributed by atoms with Crippen molar-refractivity contribution in [2.24, 2.45) is 0 Å². The van der Waals surface area contributed by atoms with Crippen molar-refractivity contribution in [2.75, 3.05) is 32.7 Å². The summed E-state index contributed by atoms with van der Waals surface area (Å²) in [7, 11) is 0. The van der Waals surface area contributed by atoms with E-state index < -0.39 is 5.60 Å². The molecule has 2 fully saturated rings. The van der Waals surface area contributed by atoms with Crippen molar-refractivity contribution in [1.29, 1.82) is 0 Å². The predicted molar refractivity (Wildman–Crippen MR) is 112 cm³/mol. The maximum atomic E-state index is 12.3. The van der Waals surface area contributed by atoms with Crippen LogP contribution >= 0.6 is 0 Å². The SMILES string of the molecule is CC(C)c1cn(CCN2CCCC2)c(C2CCN(C(=O)OC(C)(C)C)CC2)n1. The summed E-state index contributed by atoms with van der Waals surface area (Å²) in [6.07, 6.45) is 6.64. The lowest BCUT2D eigenvalue weighted by Gasteiger charge is -2.33. The summed E-state index contributed by atoms with van der Waals surface area (Å²) in [5.74, 6) is 2.07. The number of carbonyl (C=O) groups excluding carboxylic acids is 1. The number of ether oxygens (including phenoxy) is 1. The summed E-state index contributed by atoms with van der Waals surface area (Å²) in [4.78, 5) is 21.8. The molecule has 6 heteroatoms. The summed E-state index contributed by atoms with van der Waals surface area (Å²) in [6.45, 7) is 16.3. The average molecular weight is 391 g/mol. The highest BCUT2D eigenvalue weighted by atomic mass is 16.6. The molecule has 3 heterocycles. The molecule has 1 aromatic heterocycles. The van der Waals surface area contributed by atoms with Gasteiger partial charge in [0.1, 0.15) is 11.4 Å². The van der Waals surface area contributed by atoms with Crippen molar-refractivity contribution in [3.05, 3.63) is 17.7 Å². The van der Waals surface area contributed by atoms with Crippen LogP contribution in [0.5, 0.6) is 0 Å². The van der Waals surface area contributed by atoms with Crippen molar-refractivity contribution < 1.29 is 9.53 Å². The van der Waals surface area contributed by atoms with E-state index in [-0.39, 0.29) is 6.09 Å². The van der Waals surface area contributed by atoms with Crippen molar-refractivity contribution in [1.82, 2.24) is 19.4 Å². The van der Waals surface area contributed by atoms with Gasteiger partial charge in [-0.05, 0) is 65.5 Å². The molecule has 0 saturated carbocycles. The van der Waals surface area contributed by atoms with Crippen molar-refractivity contribution in [3.63, 3.8) is 0 Å². The molecule has 6 nitrogen and oxygen atoms in total. The van der Waals surface area contributed by atoms with E-state index in [1.165, 1.54) is 37.4 Å². The van der Waals surface area contributed by atoms with E-state index in [0.29, 0.717) is 11.8 Å². The molecule has 0 bridgehead atoms. The zero-order valence-electron chi connectivity index (χ0n) is 18.4. The van der Waals surface area contributed by atoms with E-state index in [2.05, 4.69) is 29.5 Å². The minimum atomic E-state index is -0.439. The third kappa shape index (κ3) is 5.49. The molecule has 0 unspecified atom stereocenters. The number of piperidine rings is 1. The van der Waals surface area contributed by atoms with Gasteiger partial charge in [0, 0.05) is 38.3 Å². The fourth-order valence-electron chi connectivity index (χ4n) is 4.14. The van der Waals surface area contributed by atoms with Crippen molar-refractivity contribution in [2.45, 2.75) is 84.3 Å². The highest BCUT2D eigenvalue weighted by Gasteiger charge is 2.30. The quantitative estimate of drug-likeness (QED) is 0.755. The third-order valence-corrected chi connectivity index (χ3v) is 5.79. The molecule has 0 N–H and O–H groups in total. The molecule has 0 aliphatic carbocycles. The standard InChI is InChI=1S/C22H38N4O2/c1-17(2)19-16-26(15-14-24-10-6-7-11-24)20(23-19)18-8-12-25(13-9-18)21(27)28-22(3,4)5/h16-18H,6-15H2,1-5H3. The first-order chi connectivity index (χ1) is 13.2. The van der Waals surface area contributed by atoms with Gasteiger partial charge in [0.2, 0.25) is 0 Å². The van der Waals surface area contributed by atoms with Gasteiger partial charge < -0.3 is 19.1 Å². The second-order valence-corrected chi connectivity index (χ2v) is 9.66. The lowest BCUT2D eigenvalue weighted by atomic mass is 9.96. The van der Waals surface area contributed by atoms with Gasteiger partial charge in [-0.2, -0.15) is 0 Å². The van der Waals surface area contributed by atoms with Crippen LogP contribution in [0.2, 0.25) is 0 Å². The Hall–Kier alpha value is -1.56. The first-order valence-corrected chi connectivity index (χ1v) is 11.0. The summed E-state index contributed by atoms with van der Waals surface area (Å²) < 4.78 is 7.92. The Morgan fingerprint density at radius 3 is 2.36 bits per heavy atom. The van der Waals surface area contributed by atoms with E-state index in [1.807, 2.05) is 25.7 Å². The van der Waals surface area contributed by atoms with Crippen LogP contribution < -0.4 is 0 Å². The number of likely N-dealkylation sites (tertiary alicyclic amines) is 2. The van der Waals surface area contributed by atoms with E-state index in [4.69, 9.17) is 9.72 Å². The van der Waals surface area contributed by atoms with E-state index in [1.54, 1.807) is 0 Å². The topological polar surface area (TPSA) is 50.6 Å². The Balaban J connectivity index is 1.63. The molecule has 158 valence electrons. The maximum absolute atomic E-state index is 12.3. The Morgan fingerprint density at radius 1 is 1.14 bits per heavy atom. The number of aromatic nitrogens is 2. The monoisotopic (exact) mass is 390 g/mol. The minimum absolute atomic E-state index is 0.189. The lowest BCUT2D eigenvalue weighted by Crippen LogP contribution is -2.41. The van der Waals surface area contributed by atoms with Gasteiger partial charge in [0.25, 0.3) is 0 Å². The van der Waals surface area contributed by atoms with Crippen molar-refractivity contribution >= 4 is 6.09 Å². The molecule has 3 rings (SSSR count). The van der Waals surface area contributed by atoms with Gasteiger partial charge in [0.05, 0.1) is 5.69 Å². The molecule has 2 aliphatic rings. The van der Waals surface area contributed by atoms with Gasteiger partial charge in [-0.25, -0.2) is 9.78 Å². The van der Waals surface area contributed by atoms with Crippen LogP contribution in [0, 0.1) is 0 Å².